The van der Waals surface area contributed by atoms with Gasteiger partial charge in [-0.15, -0.1) is 0 Å². The van der Waals surface area contributed by atoms with Crippen LogP contribution >= 0.6 is 27.5 Å². The van der Waals surface area contributed by atoms with Gasteiger partial charge in [-0.1, -0.05) is 33.6 Å². The van der Waals surface area contributed by atoms with Gasteiger partial charge >= 0.3 is 0 Å². The molecule has 0 amide bonds. The van der Waals surface area contributed by atoms with Gasteiger partial charge in [-0.3, -0.25) is 0 Å². The third kappa shape index (κ3) is 2.57. The minimum Gasteiger partial charge on any atom is -0.397 e. The minimum atomic E-state index is -0.735. The molecule has 94 valence electrons. The van der Waals surface area contributed by atoms with E-state index in [0.29, 0.717) is 10.2 Å². The summed E-state index contributed by atoms with van der Waals surface area (Å²) in [6, 6.07) is 7.12. The number of para-hydroxylation sites is 1. The molecule has 0 aliphatic carbocycles. The highest BCUT2D eigenvalue weighted by Gasteiger charge is 2.13. The van der Waals surface area contributed by atoms with Crippen molar-refractivity contribution in [2.75, 3.05) is 11.1 Å². The van der Waals surface area contributed by atoms with Crippen LogP contribution in [0.25, 0.3) is 0 Å². The molecule has 0 heterocycles. The van der Waals surface area contributed by atoms with Crippen molar-refractivity contribution in [2.24, 2.45) is 0 Å². The molecule has 0 aliphatic rings. The van der Waals surface area contributed by atoms with Crippen LogP contribution in [0.15, 0.2) is 34.8 Å². The number of benzene rings is 2. The van der Waals surface area contributed by atoms with Gasteiger partial charge < -0.3 is 11.1 Å². The van der Waals surface area contributed by atoms with Crippen molar-refractivity contribution in [1.29, 1.82) is 0 Å². The largest absolute Gasteiger partial charge is 0.397 e. The van der Waals surface area contributed by atoms with Crippen molar-refractivity contribution in [3.05, 3.63) is 51.5 Å². The van der Waals surface area contributed by atoms with E-state index in [-0.39, 0.29) is 16.4 Å². The van der Waals surface area contributed by atoms with E-state index in [2.05, 4.69) is 21.2 Å². The van der Waals surface area contributed by atoms with Crippen molar-refractivity contribution < 1.29 is 8.78 Å². The highest BCUT2D eigenvalue weighted by atomic mass is 79.9. The second-order valence-corrected chi connectivity index (χ2v) is 4.90. The van der Waals surface area contributed by atoms with E-state index in [1.807, 2.05) is 0 Å². The van der Waals surface area contributed by atoms with Crippen molar-refractivity contribution in [3.8, 4) is 0 Å². The number of halogens is 4. The van der Waals surface area contributed by atoms with Crippen LogP contribution in [0, 0.1) is 11.6 Å². The maximum atomic E-state index is 13.6. The fourth-order valence-corrected chi connectivity index (χ4v) is 2.09. The molecule has 2 aromatic carbocycles. The van der Waals surface area contributed by atoms with Crippen LogP contribution in [-0.2, 0) is 0 Å². The molecule has 18 heavy (non-hydrogen) atoms. The zero-order valence-corrected chi connectivity index (χ0v) is 11.3. The molecule has 2 rings (SSSR count). The summed E-state index contributed by atoms with van der Waals surface area (Å²) in [5, 5.41) is 2.87. The lowest BCUT2D eigenvalue weighted by Gasteiger charge is -2.12. The summed E-state index contributed by atoms with van der Waals surface area (Å²) >= 11 is 8.92. The fourth-order valence-electron chi connectivity index (χ4n) is 1.46. The number of nitrogens with two attached hydrogens (primary N) is 1. The lowest BCUT2D eigenvalue weighted by Crippen LogP contribution is -2.01. The van der Waals surface area contributed by atoms with Gasteiger partial charge in [0, 0.05) is 4.47 Å². The van der Waals surface area contributed by atoms with E-state index in [9.17, 15) is 8.78 Å². The topological polar surface area (TPSA) is 38.0 Å². The van der Waals surface area contributed by atoms with Gasteiger partial charge in [-0.05, 0) is 24.3 Å². The van der Waals surface area contributed by atoms with Gasteiger partial charge in [0.15, 0.2) is 11.6 Å². The Morgan fingerprint density at radius 3 is 2.28 bits per heavy atom. The van der Waals surface area contributed by atoms with E-state index < -0.39 is 11.6 Å². The highest BCUT2D eigenvalue weighted by Crippen LogP contribution is 2.33. The van der Waals surface area contributed by atoms with Crippen molar-refractivity contribution in [3.63, 3.8) is 0 Å². The zero-order valence-electron chi connectivity index (χ0n) is 8.98. The van der Waals surface area contributed by atoms with Crippen LogP contribution in [0.4, 0.5) is 25.8 Å². The van der Waals surface area contributed by atoms with Gasteiger partial charge in [0.1, 0.15) is 5.69 Å². The molecule has 6 heteroatoms. The van der Waals surface area contributed by atoms with Crippen LogP contribution < -0.4 is 11.1 Å². The molecule has 2 aromatic rings. The van der Waals surface area contributed by atoms with Crippen LogP contribution in [0.2, 0.25) is 5.02 Å². The van der Waals surface area contributed by atoms with E-state index in [1.165, 1.54) is 0 Å². The Kier molecular flexibility index (Phi) is 3.73. The third-order valence-electron chi connectivity index (χ3n) is 2.30. The van der Waals surface area contributed by atoms with Crippen LogP contribution in [0.5, 0.6) is 0 Å². The Bertz CT molecular complexity index is 561. The molecule has 0 radical (unpaired) electrons. The first-order valence-electron chi connectivity index (χ1n) is 4.94. The lowest BCUT2D eigenvalue weighted by atomic mass is 10.2. The molecule has 0 aliphatic heterocycles. The van der Waals surface area contributed by atoms with E-state index in [1.54, 1.807) is 18.2 Å². The SMILES string of the molecule is Nc1cccc(Cl)c1Nc1c(F)cc(Br)cc1F. The number of anilines is 3. The van der Waals surface area contributed by atoms with Gasteiger partial charge in [-0.2, -0.15) is 0 Å². The summed E-state index contributed by atoms with van der Waals surface area (Å²) in [5.41, 5.74) is 5.99. The quantitative estimate of drug-likeness (QED) is 0.781. The zero-order chi connectivity index (χ0) is 13.3. The molecule has 0 fully saturated rings. The molecule has 2 nitrogen and oxygen atoms in total. The predicted molar refractivity (Wildman–Crippen MR) is 73.2 cm³/mol. The molecule has 0 saturated carbocycles. The monoisotopic (exact) mass is 332 g/mol. The van der Waals surface area contributed by atoms with Crippen molar-refractivity contribution >= 4 is 44.6 Å². The Hall–Kier alpha value is -1.33. The Morgan fingerprint density at radius 2 is 1.72 bits per heavy atom. The molecule has 0 atom stereocenters. The third-order valence-corrected chi connectivity index (χ3v) is 3.08. The smallest absolute Gasteiger partial charge is 0.150 e. The summed E-state index contributed by atoms with van der Waals surface area (Å²) in [6.45, 7) is 0. The number of hydrogen-bond acceptors (Lipinski definition) is 2. The minimum absolute atomic E-state index is 0.277. The van der Waals surface area contributed by atoms with Gasteiger partial charge in [0.25, 0.3) is 0 Å². The maximum Gasteiger partial charge on any atom is 0.150 e. The average Bonchev–Trinajstić information content (AvgIpc) is 2.26. The van der Waals surface area contributed by atoms with Crippen molar-refractivity contribution in [2.45, 2.75) is 0 Å². The normalized spacial score (nSPS) is 10.4. The van der Waals surface area contributed by atoms with E-state index in [4.69, 9.17) is 17.3 Å². The number of hydrogen-bond donors (Lipinski definition) is 2. The first-order chi connectivity index (χ1) is 8.49. The second kappa shape index (κ2) is 5.12. The summed E-state index contributed by atoms with van der Waals surface area (Å²) in [5.74, 6) is -1.47. The Labute approximate surface area is 116 Å². The molecule has 0 bridgehead atoms. The number of rotatable bonds is 2. The average molecular weight is 334 g/mol. The van der Waals surface area contributed by atoms with Crippen LogP contribution in [0.3, 0.4) is 0 Å². The number of nitrogen functional groups attached to an aromatic ring is 1. The molecular weight excluding hydrogens is 325 g/mol. The Morgan fingerprint density at radius 1 is 1.11 bits per heavy atom. The molecule has 0 unspecified atom stereocenters. The predicted octanol–water partition coefficient (Wildman–Crippen LogP) is 4.71. The van der Waals surface area contributed by atoms with Gasteiger partial charge in [0.2, 0.25) is 0 Å². The number of nitrogens with one attached hydrogen (secondary N) is 1. The van der Waals surface area contributed by atoms with Crippen molar-refractivity contribution in [1.82, 2.24) is 0 Å². The summed E-state index contributed by atoms with van der Waals surface area (Å²) < 4.78 is 27.6. The maximum absolute atomic E-state index is 13.6. The fraction of sp³-hybridized carbons (Fsp3) is 0. The summed E-state index contributed by atoms with van der Waals surface area (Å²) in [7, 11) is 0. The summed E-state index contributed by atoms with van der Waals surface area (Å²) in [4.78, 5) is 0. The molecule has 3 N–H and O–H groups in total. The van der Waals surface area contributed by atoms with Gasteiger partial charge in [-0.25, -0.2) is 8.78 Å². The lowest BCUT2D eigenvalue weighted by molar-refractivity contribution is 0.589. The van der Waals surface area contributed by atoms with Crippen LogP contribution in [-0.4, -0.2) is 0 Å². The highest BCUT2D eigenvalue weighted by molar-refractivity contribution is 9.10. The van der Waals surface area contributed by atoms with E-state index >= 15 is 0 Å². The molecule has 0 aromatic heterocycles. The summed E-state index contributed by atoms with van der Waals surface area (Å²) in [6.07, 6.45) is 0. The van der Waals surface area contributed by atoms with E-state index in [0.717, 1.165) is 12.1 Å². The first kappa shape index (κ1) is 13.1. The van der Waals surface area contributed by atoms with Gasteiger partial charge in [0.05, 0.1) is 16.4 Å². The standard InChI is InChI=1S/C12H8BrClF2N2/c13-6-4-8(15)12(9(16)5-6)18-11-7(14)2-1-3-10(11)17/h1-5,18H,17H2. The second-order valence-electron chi connectivity index (χ2n) is 3.57. The first-order valence-corrected chi connectivity index (χ1v) is 6.11. The molecule has 0 saturated heterocycles. The van der Waals surface area contributed by atoms with Crippen LogP contribution in [0.1, 0.15) is 0 Å². The Balaban J connectivity index is 2.47. The molecule has 0 spiro atoms. The molecular formula is C12H8BrClF2N2.